The molecule has 0 atom stereocenters. The van der Waals surface area contributed by atoms with Gasteiger partial charge in [0.05, 0.1) is 5.56 Å². The van der Waals surface area contributed by atoms with Gasteiger partial charge >= 0.3 is 5.97 Å². The predicted molar refractivity (Wildman–Crippen MR) is 83.0 cm³/mol. The summed E-state index contributed by atoms with van der Waals surface area (Å²) in [5, 5.41) is 9.71. The highest BCUT2D eigenvalue weighted by atomic mass is 16.4. The van der Waals surface area contributed by atoms with Crippen molar-refractivity contribution < 1.29 is 19.1 Å². The molecule has 1 heterocycles. The van der Waals surface area contributed by atoms with Crippen LogP contribution < -0.4 is 0 Å². The van der Waals surface area contributed by atoms with E-state index in [1.807, 2.05) is 18.2 Å². The van der Waals surface area contributed by atoms with Crippen LogP contribution in [0, 0.1) is 0 Å². The van der Waals surface area contributed by atoms with Gasteiger partial charge in [-0.3, -0.25) is 4.79 Å². The Morgan fingerprint density at radius 1 is 1.00 bits per heavy atom. The zero-order chi connectivity index (χ0) is 15.5. The Labute approximate surface area is 126 Å². The van der Waals surface area contributed by atoms with Gasteiger partial charge in [0.2, 0.25) is 5.78 Å². The van der Waals surface area contributed by atoms with Crippen molar-refractivity contribution >= 4 is 28.8 Å². The Balaban J connectivity index is 1.79. The molecule has 3 aromatic rings. The Bertz CT molecular complexity index is 836. The summed E-state index contributed by atoms with van der Waals surface area (Å²) in [6, 6.07) is 15.4. The molecule has 1 aromatic heterocycles. The smallest absolute Gasteiger partial charge is 0.335 e. The molecule has 0 radical (unpaired) electrons. The number of allylic oxidation sites excluding steroid dienone is 1. The van der Waals surface area contributed by atoms with Crippen LogP contribution in [0.15, 0.2) is 65.1 Å². The number of carbonyl (C=O) groups excluding carboxylic acids is 1. The zero-order valence-corrected chi connectivity index (χ0v) is 11.5. The van der Waals surface area contributed by atoms with E-state index in [2.05, 4.69) is 0 Å². The van der Waals surface area contributed by atoms with Gasteiger partial charge in [-0.05, 0) is 35.9 Å². The molecular weight excluding hydrogens is 280 g/mol. The number of para-hydroxylation sites is 1. The number of carbonyl (C=O) groups is 2. The first-order valence-corrected chi connectivity index (χ1v) is 6.68. The third-order valence-corrected chi connectivity index (χ3v) is 3.25. The Hall–Kier alpha value is -3.14. The maximum absolute atomic E-state index is 12.1. The molecule has 3 rings (SSSR count). The van der Waals surface area contributed by atoms with Gasteiger partial charge in [0.15, 0.2) is 5.76 Å². The van der Waals surface area contributed by atoms with E-state index in [-0.39, 0.29) is 17.1 Å². The summed E-state index contributed by atoms with van der Waals surface area (Å²) < 4.78 is 5.49. The summed E-state index contributed by atoms with van der Waals surface area (Å²) in [5.41, 5.74) is 1.63. The lowest BCUT2D eigenvalue weighted by molar-refractivity contribution is 0.0696. The average Bonchev–Trinajstić information content (AvgIpc) is 2.97. The van der Waals surface area contributed by atoms with Crippen molar-refractivity contribution in [2.75, 3.05) is 0 Å². The molecule has 108 valence electrons. The second-order valence-electron chi connectivity index (χ2n) is 4.77. The third-order valence-electron chi connectivity index (χ3n) is 3.25. The maximum atomic E-state index is 12.1. The SMILES string of the molecule is O=C(O)c1ccc(/C=C/C(=O)c2cc3ccccc3o2)cc1. The third kappa shape index (κ3) is 2.81. The molecule has 4 heteroatoms. The summed E-state index contributed by atoms with van der Waals surface area (Å²) in [6.45, 7) is 0. The van der Waals surface area contributed by atoms with Gasteiger partial charge in [0.25, 0.3) is 0 Å². The van der Waals surface area contributed by atoms with Crippen LogP contribution in [0.2, 0.25) is 0 Å². The van der Waals surface area contributed by atoms with Crippen LogP contribution >= 0.6 is 0 Å². The zero-order valence-electron chi connectivity index (χ0n) is 11.5. The van der Waals surface area contributed by atoms with E-state index < -0.39 is 5.97 Å². The number of ketones is 1. The minimum absolute atomic E-state index is 0.209. The van der Waals surface area contributed by atoms with Gasteiger partial charge in [0.1, 0.15) is 5.58 Å². The molecule has 0 bridgehead atoms. The number of hydrogen-bond acceptors (Lipinski definition) is 3. The summed E-state index contributed by atoms with van der Waals surface area (Å²) in [7, 11) is 0. The van der Waals surface area contributed by atoms with Crippen LogP contribution in [0.5, 0.6) is 0 Å². The van der Waals surface area contributed by atoms with Crippen LogP contribution in [0.3, 0.4) is 0 Å². The van der Waals surface area contributed by atoms with Crippen LogP contribution in [0.4, 0.5) is 0 Å². The first-order chi connectivity index (χ1) is 10.6. The standard InChI is InChI=1S/C18H12O4/c19-15(17-11-14-3-1-2-4-16(14)22-17)10-7-12-5-8-13(9-6-12)18(20)21/h1-11H,(H,20,21)/b10-7+. The normalized spacial score (nSPS) is 11.1. The molecule has 0 fully saturated rings. The molecule has 0 saturated carbocycles. The molecule has 0 saturated heterocycles. The van der Waals surface area contributed by atoms with E-state index in [0.717, 1.165) is 10.9 Å². The molecule has 0 aliphatic rings. The molecule has 0 amide bonds. The van der Waals surface area contributed by atoms with Gasteiger partial charge in [-0.25, -0.2) is 4.79 Å². The molecule has 0 spiro atoms. The number of furan rings is 1. The minimum Gasteiger partial charge on any atom is -0.478 e. The number of rotatable bonds is 4. The van der Waals surface area contributed by atoms with Crippen molar-refractivity contribution in [3.63, 3.8) is 0 Å². The highest BCUT2D eigenvalue weighted by Crippen LogP contribution is 2.19. The van der Waals surface area contributed by atoms with E-state index in [9.17, 15) is 9.59 Å². The Kier molecular flexibility index (Phi) is 3.58. The highest BCUT2D eigenvalue weighted by molar-refractivity contribution is 6.07. The van der Waals surface area contributed by atoms with Crippen LogP contribution in [-0.2, 0) is 0 Å². The number of benzene rings is 2. The second-order valence-corrected chi connectivity index (χ2v) is 4.77. The first-order valence-electron chi connectivity index (χ1n) is 6.68. The number of carboxylic acid groups (broad SMARTS) is 1. The summed E-state index contributed by atoms with van der Waals surface area (Å²) >= 11 is 0. The van der Waals surface area contributed by atoms with E-state index in [0.29, 0.717) is 5.58 Å². The molecule has 0 unspecified atom stereocenters. The van der Waals surface area contributed by atoms with E-state index in [4.69, 9.17) is 9.52 Å². The van der Waals surface area contributed by atoms with Crippen LogP contribution in [0.25, 0.3) is 17.0 Å². The van der Waals surface area contributed by atoms with Crippen molar-refractivity contribution in [3.8, 4) is 0 Å². The monoisotopic (exact) mass is 292 g/mol. The quantitative estimate of drug-likeness (QED) is 0.582. The predicted octanol–water partition coefficient (Wildman–Crippen LogP) is 4.03. The van der Waals surface area contributed by atoms with E-state index in [1.54, 1.807) is 30.3 Å². The second kappa shape index (κ2) is 5.69. The lowest BCUT2D eigenvalue weighted by Crippen LogP contribution is -1.95. The Morgan fingerprint density at radius 3 is 2.41 bits per heavy atom. The van der Waals surface area contributed by atoms with Crippen molar-refractivity contribution in [2.24, 2.45) is 0 Å². The molecule has 0 aliphatic carbocycles. The van der Waals surface area contributed by atoms with Gasteiger partial charge in [0, 0.05) is 5.39 Å². The summed E-state index contributed by atoms with van der Waals surface area (Å²) in [5.74, 6) is -0.938. The minimum atomic E-state index is -0.978. The van der Waals surface area contributed by atoms with Gasteiger partial charge in [-0.2, -0.15) is 0 Å². The largest absolute Gasteiger partial charge is 0.478 e. The summed E-state index contributed by atoms with van der Waals surface area (Å²) in [6.07, 6.45) is 3.04. The fraction of sp³-hybridized carbons (Fsp3) is 0. The first kappa shape index (κ1) is 13.8. The van der Waals surface area contributed by atoms with E-state index >= 15 is 0 Å². The van der Waals surface area contributed by atoms with Crippen molar-refractivity contribution in [3.05, 3.63) is 77.6 Å². The Morgan fingerprint density at radius 2 is 1.73 bits per heavy atom. The van der Waals surface area contributed by atoms with Crippen LogP contribution in [0.1, 0.15) is 26.5 Å². The number of hydrogen-bond donors (Lipinski definition) is 1. The lowest BCUT2D eigenvalue weighted by atomic mass is 10.1. The number of fused-ring (bicyclic) bond motifs is 1. The summed E-state index contributed by atoms with van der Waals surface area (Å²) in [4.78, 5) is 22.9. The van der Waals surface area contributed by atoms with Gasteiger partial charge in [-0.15, -0.1) is 0 Å². The fourth-order valence-corrected chi connectivity index (χ4v) is 2.09. The van der Waals surface area contributed by atoms with E-state index in [1.165, 1.54) is 18.2 Å². The molecular formula is C18H12O4. The molecule has 22 heavy (non-hydrogen) atoms. The molecule has 2 aromatic carbocycles. The molecule has 0 aliphatic heterocycles. The highest BCUT2D eigenvalue weighted by Gasteiger charge is 2.09. The van der Waals surface area contributed by atoms with Crippen molar-refractivity contribution in [2.45, 2.75) is 0 Å². The average molecular weight is 292 g/mol. The van der Waals surface area contributed by atoms with Crippen molar-refractivity contribution in [1.82, 2.24) is 0 Å². The molecule has 1 N–H and O–H groups in total. The van der Waals surface area contributed by atoms with Gasteiger partial charge in [-0.1, -0.05) is 36.4 Å². The fourth-order valence-electron chi connectivity index (χ4n) is 2.09. The maximum Gasteiger partial charge on any atom is 0.335 e. The molecule has 4 nitrogen and oxygen atoms in total. The van der Waals surface area contributed by atoms with Crippen molar-refractivity contribution in [1.29, 1.82) is 0 Å². The number of aromatic carboxylic acids is 1. The topological polar surface area (TPSA) is 67.5 Å². The number of carboxylic acids is 1. The van der Waals surface area contributed by atoms with Crippen LogP contribution in [-0.4, -0.2) is 16.9 Å². The van der Waals surface area contributed by atoms with Gasteiger partial charge < -0.3 is 9.52 Å². The lowest BCUT2D eigenvalue weighted by Gasteiger charge is -1.95.